The molecule has 1 unspecified atom stereocenters. The normalized spacial score (nSPS) is 14.3. The van der Waals surface area contributed by atoms with Crippen LogP contribution in [0, 0.1) is 5.82 Å². The number of alkyl halides is 3. The molecule has 12 nitrogen and oxygen atoms in total. The van der Waals surface area contributed by atoms with Crippen molar-refractivity contribution in [3.8, 4) is 22.6 Å². The minimum absolute atomic E-state index is 0.00580. The van der Waals surface area contributed by atoms with Crippen LogP contribution in [0.1, 0.15) is 33.1 Å². The van der Waals surface area contributed by atoms with Gasteiger partial charge in [0.15, 0.2) is 5.82 Å². The van der Waals surface area contributed by atoms with E-state index < -0.39 is 41.8 Å². The molecule has 0 spiro atoms. The molecule has 0 saturated heterocycles. The van der Waals surface area contributed by atoms with E-state index in [1.165, 1.54) is 71.6 Å². The number of ether oxygens (including phenoxy) is 1. The first-order chi connectivity index (χ1) is 23.9. The minimum Gasteiger partial charge on any atom is -0.478 e. The van der Waals surface area contributed by atoms with Crippen LogP contribution in [0.3, 0.4) is 0 Å². The van der Waals surface area contributed by atoms with Gasteiger partial charge in [-0.05, 0) is 104 Å². The molecule has 0 bridgehead atoms. The summed E-state index contributed by atoms with van der Waals surface area (Å²) in [4.78, 5) is 41.4. The molecule has 2 heterocycles. The van der Waals surface area contributed by atoms with Crippen molar-refractivity contribution in [2.45, 2.75) is 18.8 Å². The van der Waals surface area contributed by atoms with Crippen molar-refractivity contribution >= 4 is 41.1 Å². The summed E-state index contributed by atoms with van der Waals surface area (Å²) < 4.78 is 57.4. The maximum absolute atomic E-state index is 15.2. The first kappa shape index (κ1) is 33.7. The van der Waals surface area contributed by atoms with Crippen molar-refractivity contribution in [3.05, 3.63) is 118 Å². The fraction of sp³-hybridized carbons (Fsp3) is 0.121. The predicted molar refractivity (Wildman–Crippen MR) is 170 cm³/mol. The van der Waals surface area contributed by atoms with Gasteiger partial charge in [-0.3, -0.25) is 9.59 Å². The summed E-state index contributed by atoms with van der Waals surface area (Å²) in [7, 11) is 0. The van der Waals surface area contributed by atoms with Gasteiger partial charge < -0.3 is 20.1 Å². The highest BCUT2D eigenvalue weighted by Gasteiger charge is 2.37. The van der Waals surface area contributed by atoms with Crippen LogP contribution in [-0.2, 0) is 16.0 Å². The zero-order valence-electron chi connectivity index (χ0n) is 25.3. The number of aromatic carboxylic acids is 1. The van der Waals surface area contributed by atoms with E-state index in [-0.39, 0.29) is 40.5 Å². The van der Waals surface area contributed by atoms with E-state index >= 15 is 4.39 Å². The molecule has 254 valence electrons. The van der Waals surface area contributed by atoms with Gasteiger partial charge in [-0.25, -0.2) is 9.18 Å². The van der Waals surface area contributed by atoms with Gasteiger partial charge >= 0.3 is 12.3 Å². The van der Waals surface area contributed by atoms with E-state index in [0.717, 1.165) is 10.9 Å². The lowest BCUT2D eigenvalue weighted by molar-refractivity contribution is -0.274. The zero-order chi connectivity index (χ0) is 35.6. The molecule has 50 heavy (non-hydrogen) atoms. The average molecular weight is 708 g/mol. The number of fused-ring (bicyclic) bond motifs is 1. The topological polar surface area (TPSA) is 152 Å². The molecule has 17 heteroatoms. The predicted octanol–water partition coefficient (Wildman–Crippen LogP) is 5.89. The fourth-order valence-electron chi connectivity index (χ4n) is 5.57. The third-order valence-electron chi connectivity index (χ3n) is 7.76. The van der Waals surface area contributed by atoms with E-state index in [0.29, 0.717) is 22.3 Å². The molecule has 1 aromatic heterocycles. The standard InChI is InChI=1S/C33H22ClF4N7O5/c34-26-13-14-27(45-42-40-41-43-45)25(29(26)35)12-15-28(46)44-17-16-23-22(18-6-10-21(11-7-18)50-33(36,37)38)2-1-3-24(23)30(44)31(47)39-20-8-4-19(5-9-20)32(48)49/h1-15,30H,16-17H2,(H,39,47)(H,48,49)/b15-12+. The highest BCUT2D eigenvalue weighted by Crippen LogP contribution is 2.38. The first-order valence-corrected chi connectivity index (χ1v) is 15.0. The first-order valence-electron chi connectivity index (χ1n) is 14.6. The Labute approximate surface area is 284 Å². The monoisotopic (exact) mass is 707 g/mol. The van der Waals surface area contributed by atoms with Crippen LogP contribution in [0.15, 0.2) is 84.9 Å². The summed E-state index contributed by atoms with van der Waals surface area (Å²) in [5.41, 5.74) is 2.44. The number of carboxylic acid groups (broad SMARTS) is 1. The Kier molecular flexibility index (Phi) is 9.28. The van der Waals surface area contributed by atoms with Crippen LogP contribution in [0.5, 0.6) is 5.75 Å². The SMILES string of the molecule is O=C(O)c1ccc(NC(=O)C2c3cccc(-c4ccc(OC(F)(F)F)cc4)c3CCN2C(=O)/C=C/c2c(-n3nnnn3)ccc(Cl)c2F)cc1. The number of benzene rings is 4. The Balaban J connectivity index is 1.37. The molecule has 0 saturated carbocycles. The Morgan fingerprint density at radius 3 is 2.32 bits per heavy atom. The molecule has 1 aliphatic rings. The molecule has 6 rings (SSSR count). The number of carbonyl (C=O) groups excluding carboxylic acids is 2. The maximum atomic E-state index is 15.2. The third kappa shape index (κ3) is 7.14. The molecule has 4 aromatic carbocycles. The summed E-state index contributed by atoms with van der Waals surface area (Å²) >= 11 is 6.01. The number of rotatable bonds is 8. The summed E-state index contributed by atoms with van der Waals surface area (Å²) in [6, 6.07) is 17.1. The van der Waals surface area contributed by atoms with Crippen LogP contribution in [0.25, 0.3) is 22.9 Å². The van der Waals surface area contributed by atoms with Gasteiger partial charge in [0, 0.05) is 23.9 Å². The third-order valence-corrected chi connectivity index (χ3v) is 8.05. The summed E-state index contributed by atoms with van der Waals surface area (Å²) in [5, 5.41) is 25.8. The van der Waals surface area contributed by atoms with Crippen molar-refractivity contribution in [1.29, 1.82) is 0 Å². The lowest BCUT2D eigenvalue weighted by Gasteiger charge is -2.37. The molecule has 1 atom stereocenters. The van der Waals surface area contributed by atoms with Gasteiger partial charge in [-0.15, -0.1) is 18.0 Å². The van der Waals surface area contributed by atoms with E-state index in [1.54, 1.807) is 18.2 Å². The summed E-state index contributed by atoms with van der Waals surface area (Å²) in [5.74, 6) is -3.75. The number of amides is 2. The number of carboxylic acids is 1. The van der Waals surface area contributed by atoms with Crippen LogP contribution >= 0.6 is 11.6 Å². The number of halogens is 5. The van der Waals surface area contributed by atoms with Crippen molar-refractivity contribution < 1.29 is 41.8 Å². The second-order valence-electron chi connectivity index (χ2n) is 10.8. The van der Waals surface area contributed by atoms with Crippen LogP contribution in [0.2, 0.25) is 5.02 Å². The second-order valence-corrected chi connectivity index (χ2v) is 11.2. The molecule has 2 N–H and O–H groups in total. The van der Waals surface area contributed by atoms with Crippen LogP contribution < -0.4 is 10.1 Å². The molecular formula is C33H22ClF4N7O5. The minimum atomic E-state index is -4.86. The van der Waals surface area contributed by atoms with E-state index in [9.17, 15) is 32.7 Å². The lowest BCUT2D eigenvalue weighted by atomic mass is 9.86. The highest BCUT2D eigenvalue weighted by atomic mass is 35.5. The lowest BCUT2D eigenvalue weighted by Crippen LogP contribution is -2.45. The molecule has 2 amide bonds. The largest absolute Gasteiger partial charge is 0.573 e. The number of hydrogen-bond donors (Lipinski definition) is 2. The average Bonchev–Trinajstić information content (AvgIpc) is 3.63. The number of anilines is 1. The molecule has 0 aliphatic carbocycles. The van der Waals surface area contributed by atoms with Gasteiger partial charge in [-0.1, -0.05) is 41.9 Å². The van der Waals surface area contributed by atoms with Crippen molar-refractivity contribution in [2.24, 2.45) is 0 Å². The molecular weight excluding hydrogens is 686 g/mol. The molecule has 1 aliphatic heterocycles. The van der Waals surface area contributed by atoms with Crippen molar-refractivity contribution in [2.75, 3.05) is 11.9 Å². The maximum Gasteiger partial charge on any atom is 0.573 e. The Bertz CT molecular complexity index is 2110. The molecule has 5 aromatic rings. The number of carbonyl (C=O) groups is 3. The van der Waals surface area contributed by atoms with Gasteiger partial charge in [0.2, 0.25) is 5.91 Å². The number of nitrogens with zero attached hydrogens (tertiary/aromatic N) is 6. The van der Waals surface area contributed by atoms with Gasteiger partial charge in [-0.2, -0.15) is 0 Å². The molecule has 0 radical (unpaired) electrons. The van der Waals surface area contributed by atoms with E-state index in [2.05, 4.69) is 30.9 Å². The van der Waals surface area contributed by atoms with Crippen LogP contribution in [0.4, 0.5) is 23.2 Å². The highest BCUT2D eigenvalue weighted by molar-refractivity contribution is 6.31. The zero-order valence-corrected chi connectivity index (χ0v) is 26.1. The second kappa shape index (κ2) is 13.8. The Hall–Kier alpha value is -6.16. The number of hydrogen-bond acceptors (Lipinski definition) is 8. The van der Waals surface area contributed by atoms with Gasteiger partial charge in [0.1, 0.15) is 11.8 Å². The fourth-order valence-corrected chi connectivity index (χ4v) is 5.73. The van der Waals surface area contributed by atoms with Gasteiger partial charge in [0.05, 0.1) is 16.3 Å². The van der Waals surface area contributed by atoms with E-state index in [4.69, 9.17) is 11.6 Å². The quantitative estimate of drug-likeness (QED) is 0.149. The van der Waals surface area contributed by atoms with E-state index in [1.807, 2.05) is 0 Å². The van der Waals surface area contributed by atoms with Crippen LogP contribution in [-0.4, -0.2) is 66.3 Å². The summed E-state index contributed by atoms with van der Waals surface area (Å²) in [6.45, 7) is 0.0118. The summed E-state index contributed by atoms with van der Waals surface area (Å²) in [6.07, 6.45) is -2.39. The van der Waals surface area contributed by atoms with Crippen molar-refractivity contribution in [1.82, 2.24) is 30.5 Å². The Morgan fingerprint density at radius 2 is 1.66 bits per heavy atom. The smallest absolute Gasteiger partial charge is 0.478 e. The Morgan fingerprint density at radius 1 is 0.960 bits per heavy atom. The number of nitrogens with one attached hydrogen (secondary N) is 1. The van der Waals surface area contributed by atoms with Crippen molar-refractivity contribution in [3.63, 3.8) is 0 Å². The molecule has 0 fully saturated rings. The van der Waals surface area contributed by atoms with Gasteiger partial charge in [0.25, 0.3) is 5.91 Å². The number of aromatic nitrogens is 5.